The molecule has 2 rings (SSSR count). The average molecular weight is 382 g/mol. The van der Waals surface area contributed by atoms with Crippen LogP contribution in [0, 0.1) is 30.9 Å². The van der Waals surface area contributed by atoms with Crippen molar-refractivity contribution in [2.45, 2.75) is 34.1 Å². The molecule has 0 aromatic heterocycles. The summed E-state index contributed by atoms with van der Waals surface area (Å²) in [5.74, 6) is -0.838. The summed E-state index contributed by atoms with van der Waals surface area (Å²) in [4.78, 5) is 34.6. The monoisotopic (exact) mass is 382 g/mol. The Morgan fingerprint density at radius 3 is 2.36 bits per heavy atom. The first kappa shape index (κ1) is 20.8. The van der Waals surface area contributed by atoms with Gasteiger partial charge in [-0.1, -0.05) is 23.8 Å². The molecule has 0 saturated carbocycles. The van der Waals surface area contributed by atoms with E-state index in [4.69, 9.17) is 0 Å². The standard InChI is InChI=1S/C20H22N4O4/c1-12-8-13(2)19(14(3)9-12)21-18(25)10-15(4)22-23-20(26)16-6-5-7-17(11-16)24(27)28/h5-9,11H,10H2,1-4H3,(H,21,25)(H,23,26)/b22-15+. The van der Waals surface area contributed by atoms with Crippen molar-refractivity contribution < 1.29 is 14.5 Å². The Morgan fingerprint density at radius 2 is 1.75 bits per heavy atom. The number of non-ortho nitro benzene ring substituents is 1. The molecule has 2 amide bonds. The number of aryl methyl sites for hydroxylation is 3. The molecule has 0 aliphatic rings. The van der Waals surface area contributed by atoms with Crippen molar-refractivity contribution in [3.63, 3.8) is 0 Å². The van der Waals surface area contributed by atoms with Gasteiger partial charge in [0, 0.05) is 29.1 Å². The molecule has 0 fully saturated rings. The third kappa shape index (κ3) is 5.47. The molecule has 0 aliphatic carbocycles. The van der Waals surface area contributed by atoms with Crippen LogP contribution in [-0.4, -0.2) is 22.4 Å². The number of carbonyl (C=O) groups is 2. The molecule has 0 saturated heterocycles. The number of nitro groups is 1. The molecule has 2 N–H and O–H groups in total. The average Bonchev–Trinajstić information content (AvgIpc) is 2.62. The second-order valence-corrected chi connectivity index (χ2v) is 6.59. The molecular formula is C20H22N4O4. The van der Waals surface area contributed by atoms with Crippen LogP contribution in [0.1, 0.15) is 40.4 Å². The van der Waals surface area contributed by atoms with Gasteiger partial charge in [0.25, 0.3) is 11.6 Å². The Balaban J connectivity index is 1.99. The summed E-state index contributed by atoms with van der Waals surface area (Å²) in [6.07, 6.45) is 0.00196. The molecule has 2 aromatic carbocycles. The number of anilines is 1. The summed E-state index contributed by atoms with van der Waals surface area (Å²) in [6.45, 7) is 7.46. The molecule has 0 radical (unpaired) electrons. The van der Waals surface area contributed by atoms with Crippen LogP contribution >= 0.6 is 0 Å². The molecule has 0 spiro atoms. The van der Waals surface area contributed by atoms with E-state index in [0.717, 1.165) is 28.4 Å². The summed E-state index contributed by atoms with van der Waals surface area (Å²) < 4.78 is 0. The molecular weight excluding hydrogens is 360 g/mol. The highest BCUT2D eigenvalue weighted by atomic mass is 16.6. The van der Waals surface area contributed by atoms with E-state index in [1.807, 2.05) is 32.9 Å². The van der Waals surface area contributed by atoms with E-state index < -0.39 is 10.8 Å². The van der Waals surface area contributed by atoms with Gasteiger partial charge in [-0.3, -0.25) is 19.7 Å². The van der Waals surface area contributed by atoms with Gasteiger partial charge in [-0.2, -0.15) is 5.10 Å². The maximum atomic E-state index is 12.3. The zero-order valence-corrected chi connectivity index (χ0v) is 16.2. The van der Waals surface area contributed by atoms with E-state index in [2.05, 4.69) is 15.8 Å². The van der Waals surface area contributed by atoms with E-state index in [1.54, 1.807) is 6.92 Å². The zero-order chi connectivity index (χ0) is 20.8. The molecule has 0 heterocycles. The number of nitrogens with one attached hydrogen (secondary N) is 2. The lowest BCUT2D eigenvalue weighted by Gasteiger charge is -2.12. The Bertz CT molecular complexity index is 943. The largest absolute Gasteiger partial charge is 0.325 e. The van der Waals surface area contributed by atoms with Gasteiger partial charge >= 0.3 is 0 Å². The predicted molar refractivity (Wildman–Crippen MR) is 108 cm³/mol. The fraction of sp³-hybridized carbons (Fsp3) is 0.250. The fourth-order valence-electron chi connectivity index (χ4n) is 2.80. The third-order valence-corrected chi connectivity index (χ3v) is 4.03. The number of hydrogen-bond acceptors (Lipinski definition) is 5. The van der Waals surface area contributed by atoms with Crippen LogP contribution in [0.15, 0.2) is 41.5 Å². The van der Waals surface area contributed by atoms with Crippen LogP contribution in [0.4, 0.5) is 11.4 Å². The predicted octanol–water partition coefficient (Wildman–Crippen LogP) is 3.65. The Kier molecular flexibility index (Phi) is 6.59. The van der Waals surface area contributed by atoms with E-state index in [0.29, 0.717) is 5.71 Å². The number of amides is 2. The molecule has 0 unspecified atom stereocenters. The SMILES string of the molecule is C/C(CC(=O)Nc1c(C)cc(C)cc1C)=N\NC(=O)c1cccc([N+](=O)[O-])c1. The van der Waals surface area contributed by atoms with Gasteiger partial charge < -0.3 is 5.32 Å². The molecule has 0 atom stereocenters. The van der Waals surface area contributed by atoms with Crippen molar-refractivity contribution in [3.8, 4) is 0 Å². The summed E-state index contributed by atoms with van der Waals surface area (Å²) >= 11 is 0. The van der Waals surface area contributed by atoms with E-state index in [1.165, 1.54) is 18.2 Å². The van der Waals surface area contributed by atoms with Gasteiger partial charge in [0.15, 0.2) is 0 Å². The highest BCUT2D eigenvalue weighted by Gasteiger charge is 2.12. The topological polar surface area (TPSA) is 114 Å². The zero-order valence-electron chi connectivity index (χ0n) is 16.2. The number of benzene rings is 2. The smallest absolute Gasteiger partial charge is 0.271 e. The van der Waals surface area contributed by atoms with Crippen molar-refractivity contribution >= 4 is 28.9 Å². The van der Waals surface area contributed by atoms with E-state index in [-0.39, 0.29) is 23.6 Å². The van der Waals surface area contributed by atoms with Crippen molar-refractivity contribution in [2.24, 2.45) is 5.10 Å². The van der Waals surface area contributed by atoms with Gasteiger partial charge in [0.05, 0.1) is 11.3 Å². The van der Waals surface area contributed by atoms with Crippen LogP contribution in [0.2, 0.25) is 0 Å². The van der Waals surface area contributed by atoms with Crippen LogP contribution in [0.5, 0.6) is 0 Å². The van der Waals surface area contributed by atoms with Gasteiger partial charge in [0.1, 0.15) is 0 Å². The van der Waals surface area contributed by atoms with Gasteiger partial charge in [0.2, 0.25) is 5.91 Å². The molecule has 8 nitrogen and oxygen atoms in total. The van der Waals surface area contributed by atoms with Crippen LogP contribution in [-0.2, 0) is 4.79 Å². The fourth-order valence-corrected chi connectivity index (χ4v) is 2.80. The van der Waals surface area contributed by atoms with E-state index in [9.17, 15) is 19.7 Å². The summed E-state index contributed by atoms with van der Waals surface area (Å²) in [7, 11) is 0. The van der Waals surface area contributed by atoms with Crippen molar-refractivity contribution in [2.75, 3.05) is 5.32 Å². The van der Waals surface area contributed by atoms with Gasteiger partial charge in [-0.25, -0.2) is 5.43 Å². The normalized spacial score (nSPS) is 11.1. The van der Waals surface area contributed by atoms with Crippen molar-refractivity contribution in [1.29, 1.82) is 0 Å². The summed E-state index contributed by atoms with van der Waals surface area (Å²) in [5.41, 5.74) is 6.47. The minimum atomic E-state index is -0.589. The highest BCUT2D eigenvalue weighted by Crippen LogP contribution is 2.22. The summed E-state index contributed by atoms with van der Waals surface area (Å²) in [6, 6.07) is 9.30. The molecule has 146 valence electrons. The maximum absolute atomic E-state index is 12.3. The maximum Gasteiger partial charge on any atom is 0.271 e. The lowest BCUT2D eigenvalue weighted by Crippen LogP contribution is -2.22. The van der Waals surface area contributed by atoms with Gasteiger partial charge in [-0.05, 0) is 44.9 Å². The van der Waals surface area contributed by atoms with Crippen LogP contribution < -0.4 is 10.7 Å². The first-order valence-electron chi connectivity index (χ1n) is 8.63. The lowest BCUT2D eigenvalue weighted by atomic mass is 10.0. The first-order chi connectivity index (χ1) is 13.2. The van der Waals surface area contributed by atoms with Crippen molar-refractivity contribution in [3.05, 3.63) is 68.8 Å². The highest BCUT2D eigenvalue weighted by molar-refractivity contribution is 6.06. The number of carbonyl (C=O) groups excluding carboxylic acids is 2. The second-order valence-electron chi connectivity index (χ2n) is 6.59. The molecule has 0 bridgehead atoms. The van der Waals surface area contributed by atoms with Crippen LogP contribution in [0.25, 0.3) is 0 Å². The van der Waals surface area contributed by atoms with Crippen LogP contribution in [0.3, 0.4) is 0 Å². The van der Waals surface area contributed by atoms with Crippen molar-refractivity contribution in [1.82, 2.24) is 5.43 Å². The molecule has 8 heteroatoms. The number of nitrogens with zero attached hydrogens (tertiary/aromatic N) is 2. The van der Waals surface area contributed by atoms with E-state index >= 15 is 0 Å². The number of hydrazone groups is 1. The molecule has 2 aromatic rings. The molecule has 0 aliphatic heterocycles. The molecule has 28 heavy (non-hydrogen) atoms. The Labute approximate surface area is 162 Å². The van der Waals surface area contributed by atoms with Gasteiger partial charge in [-0.15, -0.1) is 0 Å². The third-order valence-electron chi connectivity index (χ3n) is 4.03. The second kappa shape index (κ2) is 8.90. The lowest BCUT2D eigenvalue weighted by molar-refractivity contribution is -0.384. The number of nitro benzene ring substituents is 1. The first-order valence-corrected chi connectivity index (χ1v) is 8.63. The number of hydrogen-bond donors (Lipinski definition) is 2. The minimum Gasteiger partial charge on any atom is -0.325 e. The number of rotatable bonds is 6. The Morgan fingerprint density at radius 1 is 1.11 bits per heavy atom. The summed E-state index contributed by atoms with van der Waals surface area (Å²) in [5, 5.41) is 17.6. The Hall–Kier alpha value is -3.55. The quantitative estimate of drug-likeness (QED) is 0.451. The minimum absolute atomic E-state index is 0.00196.